The monoisotopic (exact) mass is 352 g/mol. The fourth-order valence-corrected chi connectivity index (χ4v) is 3.56. The molecule has 0 atom stereocenters. The molecule has 1 fully saturated rings. The van der Waals surface area contributed by atoms with Crippen LogP contribution in [0.15, 0.2) is 64.5 Å². The summed E-state index contributed by atoms with van der Waals surface area (Å²) in [5.74, 6) is 0.760. The lowest BCUT2D eigenvalue weighted by Gasteiger charge is -2.12. The van der Waals surface area contributed by atoms with E-state index < -0.39 is 0 Å². The van der Waals surface area contributed by atoms with Gasteiger partial charge >= 0.3 is 0 Å². The van der Waals surface area contributed by atoms with E-state index in [4.69, 9.17) is 4.74 Å². The molecule has 0 spiro atoms. The van der Waals surface area contributed by atoms with Crippen LogP contribution in [0.5, 0.6) is 5.75 Å². The van der Waals surface area contributed by atoms with Crippen LogP contribution in [0.4, 0.5) is 5.69 Å². The Kier molecular flexibility index (Phi) is 5.56. The Balaban J connectivity index is 1.94. The summed E-state index contributed by atoms with van der Waals surface area (Å²) in [5, 5.41) is 0.707. The summed E-state index contributed by atoms with van der Waals surface area (Å²) in [7, 11) is 0. The van der Waals surface area contributed by atoms with E-state index in [0.717, 1.165) is 17.0 Å². The lowest BCUT2D eigenvalue weighted by molar-refractivity contribution is -0.122. The molecule has 5 heteroatoms. The van der Waals surface area contributed by atoms with E-state index in [1.165, 1.54) is 11.8 Å². The quantitative estimate of drug-likeness (QED) is 0.732. The molecule has 0 bridgehead atoms. The Morgan fingerprint density at radius 2 is 1.80 bits per heavy atom. The molecule has 1 aliphatic heterocycles. The molecule has 4 nitrogen and oxygen atoms in total. The molecule has 1 aliphatic rings. The second-order valence-electron chi connectivity index (χ2n) is 5.36. The summed E-state index contributed by atoms with van der Waals surface area (Å²) >= 11 is 1.40. The minimum absolute atomic E-state index is 0.0199. The zero-order valence-electron chi connectivity index (χ0n) is 14.3. The van der Waals surface area contributed by atoms with Gasteiger partial charge < -0.3 is 4.74 Å². The van der Waals surface area contributed by atoms with E-state index in [1.807, 2.05) is 74.5 Å². The molecular weight excluding hydrogens is 332 g/mol. The molecule has 0 N–H and O–H groups in total. The van der Waals surface area contributed by atoms with Crippen molar-refractivity contribution in [2.24, 2.45) is 4.99 Å². The number of thioether (sulfide) groups is 1. The van der Waals surface area contributed by atoms with Crippen LogP contribution in [-0.2, 0) is 4.79 Å². The summed E-state index contributed by atoms with van der Waals surface area (Å²) < 4.78 is 5.65. The second kappa shape index (κ2) is 8.03. The van der Waals surface area contributed by atoms with Gasteiger partial charge in [-0.25, -0.2) is 4.99 Å². The van der Waals surface area contributed by atoms with Crippen LogP contribution < -0.4 is 4.74 Å². The van der Waals surface area contributed by atoms with Crippen molar-refractivity contribution in [3.63, 3.8) is 0 Å². The van der Waals surface area contributed by atoms with E-state index in [2.05, 4.69) is 4.99 Å². The van der Waals surface area contributed by atoms with Crippen molar-refractivity contribution in [1.82, 2.24) is 4.90 Å². The molecule has 3 rings (SSSR count). The van der Waals surface area contributed by atoms with Gasteiger partial charge in [0.25, 0.3) is 5.91 Å². The molecule has 2 aromatic carbocycles. The molecule has 25 heavy (non-hydrogen) atoms. The third-order valence-electron chi connectivity index (χ3n) is 3.69. The maximum absolute atomic E-state index is 12.7. The number of aliphatic imine (C=N–C) groups is 1. The number of amides is 1. The lowest BCUT2D eigenvalue weighted by atomic mass is 10.2. The van der Waals surface area contributed by atoms with Gasteiger partial charge in [-0.3, -0.25) is 9.69 Å². The first kappa shape index (κ1) is 17.3. The topological polar surface area (TPSA) is 41.9 Å². The highest BCUT2D eigenvalue weighted by Gasteiger charge is 2.32. The predicted octanol–water partition coefficient (Wildman–Crippen LogP) is 4.71. The summed E-state index contributed by atoms with van der Waals surface area (Å²) in [6.07, 6.45) is 1.88. The van der Waals surface area contributed by atoms with E-state index in [1.54, 1.807) is 4.90 Å². The Morgan fingerprint density at radius 1 is 1.08 bits per heavy atom. The molecule has 2 aromatic rings. The van der Waals surface area contributed by atoms with E-state index in [9.17, 15) is 4.79 Å². The van der Waals surface area contributed by atoms with Gasteiger partial charge in [0, 0.05) is 12.1 Å². The molecule has 128 valence electrons. The van der Waals surface area contributed by atoms with Crippen molar-refractivity contribution in [1.29, 1.82) is 0 Å². The van der Waals surface area contributed by atoms with Crippen LogP contribution in [0.1, 0.15) is 19.4 Å². The number of para-hydroxylation sites is 2. The molecule has 1 heterocycles. The van der Waals surface area contributed by atoms with Gasteiger partial charge in [0.15, 0.2) is 5.17 Å². The number of benzene rings is 2. The zero-order valence-corrected chi connectivity index (χ0v) is 15.1. The molecule has 1 amide bonds. The summed E-state index contributed by atoms with van der Waals surface area (Å²) in [5.41, 5.74) is 1.74. The molecule has 0 aromatic heterocycles. The normalized spacial score (nSPS) is 17.5. The SMILES string of the molecule is CCOc1ccccc1/C=C1/SC(=Nc2ccccc2)N(CC)C1=O. The van der Waals surface area contributed by atoms with Crippen molar-refractivity contribution in [3.8, 4) is 5.75 Å². The number of ether oxygens (including phenoxy) is 1. The van der Waals surface area contributed by atoms with Crippen molar-refractivity contribution >= 4 is 34.6 Å². The molecule has 0 aliphatic carbocycles. The molecule has 0 saturated carbocycles. The third kappa shape index (κ3) is 3.94. The Hall–Kier alpha value is -2.53. The van der Waals surface area contributed by atoms with Crippen LogP contribution in [0, 0.1) is 0 Å². The first-order chi connectivity index (χ1) is 12.2. The standard InChI is InChI=1S/C20H20N2O2S/c1-3-22-19(23)18(14-15-10-8-9-13-17(15)24-4-2)25-20(22)21-16-11-6-5-7-12-16/h5-14H,3-4H2,1-2H3/b18-14+,21-20?. The van der Waals surface area contributed by atoms with Crippen LogP contribution in [0.2, 0.25) is 0 Å². The van der Waals surface area contributed by atoms with E-state index in [0.29, 0.717) is 23.2 Å². The fourth-order valence-electron chi connectivity index (χ4n) is 2.51. The minimum Gasteiger partial charge on any atom is -0.493 e. The largest absolute Gasteiger partial charge is 0.493 e. The number of hydrogen-bond acceptors (Lipinski definition) is 4. The fraction of sp³-hybridized carbons (Fsp3) is 0.200. The first-order valence-electron chi connectivity index (χ1n) is 8.30. The average molecular weight is 352 g/mol. The van der Waals surface area contributed by atoms with Gasteiger partial charge in [0.05, 0.1) is 17.2 Å². The molecular formula is C20H20N2O2S. The Labute approximate surface area is 152 Å². The van der Waals surface area contributed by atoms with Gasteiger partial charge in [0.1, 0.15) is 5.75 Å². The minimum atomic E-state index is -0.0199. The van der Waals surface area contributed by atoms with Gasteiger partial charge in [-0.15, -0.1) is 0 Å². The number of likely N-dealkylation sites (N-methyl/N-ethyl adjacent to an activating group) is 1. The maximum Gasteiger partial charge on any atom is 0.266 e. The lowest BCUT2D eigenvalue weighted by Crippen LogP contribution is -2.28. The summed E-state index contributed by atoms with van der Waals surface area (Å²) in [4.78, 5) is 19.7. The molecule has 1 saturated heterocycles. The maximum atomic E-state index is 12.7. The molecule has 0 radical (unpaired) electrons. The summed E-state index contributed by atoms with van der Waals surface area (Å²) in [6.45, 7) is 5.07. The van der Waals surface area contributed by atoms with Crippen molar-refractivity contribution in [2.45, 2.75) is 13.8 Å². The second-order valence-corrected chi connectivity index (χ2v) is 6.37. The van der Waals surface area contributed by atoms with Crippen LogP contribution in [0.25, 0.3) is 6.08 Å². The van der Waals surface area contributed by atoms with Crippen LogP contribution in [0.3, 0.4) is 0 Å². The average Bonchev–Trinajstić information content (AvgIpc) is 2.92. The van der Waals surface area contributed by atoms with Crippen molar-refractivity contribution in [3.05, 3.63) is 65.1 Å². The number of rotatable bonds is 5. The van der Waals surface area contributed by atoms with Crippen molar-refractivity contribution < 1.29 is 9.53 Å². The third-order valence-corrected chi connectivity index (χ3v) is 4.70. The van der Waals surface area contributed by atoms with Crippen LogP contribution >= 0.6 is 11.8 Å². The predicted molar refractivity (Wildman–Crippen MR) is 104 cm³/mol. The van der Waals surface area contributed by atoms with Crippen molar-refractivity contribution in [2.75, 3.05) is 13.2 Å². The van der Waals surface area contributed by atoms with Crippen LogP contribution in [-0.4, -0.2) is 29.1 Å². The van der Waals surface area contributed by atoms with Gasteiger partial charge in [-0.2, -0.15) is 0 Å². The van der Waals surface area contributed by atoms with E-state index in [-0.39, 0.29) is 5.91 Å². The summed E-state index contributed by atoms with van der Waals surface area (Å²) in [6, 6.07) is 17.4. The zero-order chi connectivity index (χ0) is 17.6. The highest BCUT2D eigenvalue weighted by atomic mass is 32.2. The Bertz CT molecular complexity index is 815. The number of hydrogen-bond donors (Lipinski definition) is 0. The smallest absolute Gasteiger partial charge is 0.266 e. The highest BCUT2D eigenvalue weighted by molar-refractivity contribution is 8.18. The number of amidine groups is 1. The van der Waals surface area contributed by atoms with Gasteiger partial charge in [0.2, 0.25) is 0 Å². The molecule has 0 unspecified atom stereocenters. The Morgan fingerprint density at radius 3 is 2.52 bits per heavy atom. The van der Waals surface area contributed by atoms with E-state index >= 15 is 0 Å². The number of carbonyl (C=O) groups is 1. The number of nitrogens with zero attached hydrogens (tertiary/aromatic N) is 2. The number of carbonyl (C=O) groups excluding carboxylic acids is 1. The van der Waals surface area contributed by atoms with Gasteiger partial charge in [-0.1, -0.05) is 36.4 Å². The highest BCUT2D eigenvalue weighted by Crippen LogP contribution is 2.35. The first-order valence-corrected chi connectivity index (χ1v) is 9.11. The van der Waals surface area contributed by atoms with Gasteiger partial charge in [-0.05, 0) is 49.9 Å².